The lowest BCUT2D eigenvalue weighted by Crippen LogP contribution is -2.38. The van der Waals surface area contributed by atoms with Crippen molar-refractivity contribution in [1.29, 1.82) is 0 Å². The van der Waals surface area contributed by atoms with Gasteiger partial charge in [0.1, 0.15) is 0 Å². The average molecular weight is 303 g/mol. The maximum absolute atomic E-state index is 4.45. The summed E-state index contributed by atoms with van der Waals surface area (Å²) in [6.07, 6.45) is 2.71. The Morgan fingerprint density at radius 3 is 2.86 bits per heavy atom. The van der Waals surface area contributed by atoms with Crippen molar-refractivity contribution >= 4 is 17.3 Å². The molecule has 0 unspecified atom stereocenters. The van der Waals surface area contributed by atoms with Crippen LogP contribution >= 0.6 is 11.3 Å². The summed E-state index contributed by atoms with van der Waals surface area (Å²) in [5, 5.41) is 9.78. The van der Waals surface area contributed by atoms with E-state index in [1.165, 1.54) is 5.56 Å². The molecule has 112 valence electrons. The van der Waals surface area contributed by atoms with Crippen molar-refractivity contribution < 1.29 is 0 Å². The number of hydrogen-bond donors (Lipinski definition) is 2. The lowest BCUT2D eigenvalue weighted by molar-refractivity contribution is 0.773. The molecule has 5 nitrogen and oxygen atoms in total. The van der Waals surface area contributed by atoms with Gasteiger partial charge in [-0.05, 0) is 25.5 Å². The Labute approximate surface area is 129 Å². The Balaban J connectivity index is 1.77. The Bertz CT molecular complexity index is 606. The summed E-state index contributed by atoms with van der Waals surface area (Å²) in [4.78, 5) is 13.0. The van der Waals surface area contributed by atoms with Crippen molar-refractivity contribution in [2.24, 2.45) is 4.99 Å². The topological polar surface area (TPSA) is 62.2 Å². The lowest BCUT2D eigenvalue weighted by Gasteiger charge is -2.12. The number of nitrogens with zero attached hydrogens (tertiary/aromatic N) is 3. The maximum Gasteiger partial charge on any atom is 0.191 e. The van der Waals surface area contributed by atoms with Crippen LogP contribution in [0.2, 0.25) is 0 Å². The van der Waals surface area contributed by atoms with Crippen LogP contribution < -0.4 is 10.6 Å². The molecular formula is C15H21N5S. The van der Waals surface area contributed by atoms with E-state index in [2.05, 4.69) is 44.0 Å². The Morgan fingerprint density at radius 1 is 1.33 bits per heavy atom. The fraction of sp³-hybridized carbons (Fsp3) is 0.400. The first-order valence-corrected chi connectivity index (χ1v) is 7.83. The highest BCUT2D eigenvalue weighted by atomic mass is 32.1. The number of thiazole rings is 1. The molecular weight excluding hydrogens is 282 g/mol. The molecule has 21 heavy (non-hydrogen) atoms. The summed E-state index contributed by atoms with van der Waals surface area (Å²) >= 11 is 1.69. The molecule has 0 saturated heterocycles. The molecule has 0 aliphatic carbocycles. The van der Waals surface area contributed by atoms with Gasteiger partial charge in [0.15, 0.2) is 5.96 Å². The quantitative estimate of drug-likeness (QED) is 0.655. The molecule has 0 aromatic carbocycles. The van der Waals surface area contributed by atoms with Gasteiger partial charge in [0.05, 0.1) is 22.9 Å². The summed E-state index contributed by atoms with van der Waals surface area (Å²) in [5.41, 5.74) is 3.34. The third-order valence-electron chi connectivity index (χ3n) is 3.10. The smallest absolute Gasteiger partial charge is 0.191 e. The van der Waals surface area contributed by atoms with Crippen LogP contribution in [-0.4, -0.2) is 29.5 Å². The predicted molar refractivity (Wildman–Crippen MR) is 87.7 cm³/mol. The first kappa shape index (κ1) is 15.4. The normalized spacial score (nSPS) is 11.5. The van der Waals surface area contributed by atoms with Crippen LogP contribution in [0.15, 0.2) is 28.7 Å². The minimum atomic E-state index is 0.669. The fourth-order valence-electron chi connectivity index (χ4n) is 1.92. The van der Waals surface area contributed by atoms with Gasteiger partial charge < -0.3 is 10.6 Å². The minimum absolute atomic E-state index is 0.669. The minimum Gasteiger partial charge on any atom is -0.356 e. The molecule has 0 atom stereocenters. The van der Waals surface area contributed by atoms with E-state index in [0.717, 1.165) is 35.3 Å². The van der Waals surface area contributed by atoms with Gasteiger partial charge in [-0.25, -0.2) is 4.98 Å². The molecule has 2 N–H and O–H groups in total. The van der Waals surface area contributed by atoms with Crippen LogP contribution in [0.5, 0.6) is 0 Å². The number of aliphatic imine (C=N–C) groups is 1. The maximum atomic E-state index is 4.45. The van der Waals surface area contributed by atoms with Crippen LogP contribution in [0.25, 0.3) is 0 Å². The first-order chi connectivity index (χ1) is 10.2. The van der Waals surface area contributed by atoms with Crippen LogP contribution in [0.1, 0.15) is 22.0 Å². The van der Waals surface area contributed by atoms with Crippen LogP contribution in [0.4, 0.5) is 0 Å². The molecule has 0 saturated carbocycles. The molecule has 0 aliphatic rings. The summed E-state index contributed by atoms with van der Waals surface area (Å²) in [6, 6.07) is 4.01. The Morgan fingerprint density at radius 2 is 2.19 bits per heavy atom. The predicted octanol–water partition coefficient (Wildman–Crippen LogP) is 2.06. The molecule has 0 bridgehead atoms. The lowest BCUT2D eigenvalue weighted by atomic mass is 10.2. The van der Waals surface area contributed by atoms with Crippen LogP contribution in [-0.2, 0) is 13.0 Å². The van der Waals surface area contributed by atoms with Gasteiger partial charge in [-0.2, -0.15) is 0 Å². The van der Waals surface area contributed by atoms with Crippen molar-refractivity contribution in [3.63, 3.8) is 0 Å². The first-order valence-electron chi connectivity index (χ1n) is 6.95. The third-order valence-corrected chi connectivity index (χ3v) is 3.93. The van der Waals surface area contributed by atoms with Crippen molar-refractivity contribution in [3.05, 3.63) is 45.7 Å². The average Bonchev–Trinajstić information content (AvgIpc) is 2.90. The number of aryl methyl sites for hydroxylation is 2. The number of pyridine rings is 1. The number of rotatable bonds is 5. The van der Waals surface area contributed by atoms with Crippen molar-refractivity contribution in [2.75, 3.05) is 13.6 Å². The fourth-order valence-corrected chi connectivity index (χ4v) is 2.57. The summed E-state index contributed by atoms with van der Waals surface area (Å²) in [7, 11) is 1.77. The van der Waals surface area contributed by atoms with E-state index in [1.54, 1.807) is 18.4 Å². The molecule has 2 aromatic heterocycles. The van der Waals surface area contributed by atoms with Crippen molar-refractivity contribution in [3.8, 4) is 0 Å². The molecule has 2 rings (SSSR count). The van der Waals surface area contributed by atoms with Crippen LogP contribution in [0, 0.1) is 13.8 Å². The van der Waals surface area contributed by atoms with E-state index < -0.39 is 0 Å². The molecule has 0 aliphatic heterocycles. The Hall–Kier alpha value is -1.95. The highest BCUT2D eigenvalue weighted by Gasteiger charge is 2.02. The largest absolute Gasteiger partial charge is 0.356 e. The molecule has 6 heteroatoms. The summed E-state index contributed by atoms with van der Waals surface area (Å²) < 4.78 is 0. The monoisotopic (exact) mass is 303 g/mol. The van der Waals surface area contributed by atoms with E-state index >= 15 is 0 Å². The number of guanidine groups is 1. The Kier molecular flexibility index (Phi) is 5.68. The molecule has 0 spiro atoms. The van der Waals surface area contributed by atoms with Gasteiger partial charge in [0.2, 0.25) is 0 Å². The molecule has 0 radical (unpaired) electrons. The second-order valence-corrected chi connectivity index (χ2v) is 5.79. The van der Waals surface area contributed by atoms with Gasteiger partial charge in [0.25, 0.3) is 0 Å². The van der Waals surface area contributed by atoms with Crippen LogP contribution in [0.3, 0.4) is 0 Å². The van der Waals surface area contributed by atoms with E-state index in [1.807, 2.05) is 19.2 Å². The molecule has 2 aromatic rings. The van der Waals surface area contributed by atoms with Crippen molar-refractivity contribution in [2.45, 2.75) is 26.8 Å². The zero-order chi connectivity index (χ0) is 15.1. The third kappa shape index (κ3) is 4.82. The van der Waals surface area contributed by atoms with E-state index in [4.69, 9.17) is 0 Å². The second-order valence-electron chi connectivity index (χ2n) is 4.73. The van der Waals surface area contributed by atoms with Gasteiger partial charge in [-0.15, -0.1) is 11.3 Å². The number of hydrogen-bond acceptors (Lipinski definition) is 4. The van der Waals surface area contributed by atoms with Gasteiger partial charge in [-0.1, -0.05) is 6.07 Å². The highest BCUT2D eigenvalue weighted by molar-refractivity contribution is 7.09. The van der Waals surface area contributed by atoms with Gasteiger partial charge >= 0.3 is 0 Å². The van der Waals surface area contributed by atoms with E-state index in [9.17, 15) is 0 Å². The SMILES string of the molecule is CN=C(NCCc1csc(C)n1)NCc1ncccc1C. The highest BCUT2D eigenvalue weighted by Crippen LogP contribution is 2.07. The molecule has 0 fully saturated rings. The zero-order valence-corrected chi connectivity index (χ0v) is 13.5. The van der Waals surface area contributed by atoms with E-state index in [0.29, 0.717) is 6.54 Å². The molecule has 2 heterocycles. The van der Waals surface area contributed by atoms with Gasteiger partial charge in [-0.3, -0.25) is 9.98 Å². The standard InChI is InChI=1S/C15H21N5S/c1-11-5-4-7-17-14(11)9-19-15(16-3)18-8-6-13-10-21-12(2)20-13/h4-5,7,10H,6,8-9H2,1-3H3,(H2,16,18,19). The van der Waals surface area contributed by atoms with Crippen molar-refractivity contribution in [1.82, 2.24) is 20.6 Å². The van der Waals surface area contributed by atoms with E-state index in [-0.39, 0.29) is 0 Å². The van der Waals surface area contributed by atoms with Gasteiger partial charge in [0, 0.05) is 31.6 Å². The zero-order valence-electron chi connectivity index (χ0n) is 12.7. The molecule has 0 amide bonds. The number of aromatic nitrogens is 2. The second kappa shape index (κ2) is 7.73. The summed E-state index contributed by atoms with van der Waals surface area (Å²) in [5.74, 6) is 0.784. The summed E-state index contributed by atoms with van der Waals surface area (Å²) in [6.45, 7) is 5.56. The number of nitrogens with one attached hydrogen (secondary N) is 2.